The molecule has 0 saturated carbocycles. The first kappa shape index (κ1) is 8.54. The zero-order chi connectivity index (χ0) is 8.10. The van der Waals surface area contributed by atoms with Crippen molar-refractivity contribution in [1.29, 1.82) is 0 Å². The monoisotopic (exact) mass is 156 g/mol. The van der Waals surface area contributed by atoms with Gasteiger partial charge in [0.1, 0.15) is 0 Å². The van der Waals surface area contributed by atoms with E-state index in [9.17, 15) is 0 Å². The SMILES string of the molecule is OC(O)C#CC1CCOCC1. The summed E-state index contributed by atoms with van der Waals surface area (Å²) in [4.78, 5) is 0. The number of rotatable bonds is 0. The highest BCUT2D eigenvalue weighted by Crippen LogP contribution is 2.12. The van der Waals surface area contributed by atoms with Crippen molar-refractivity contribution < 1.29 is 14.9 Å². The molecule has 0 amide bonds. The Labute approximate surface area is 66.0 Å². The van der Waals surface area contributed by atoms with E-state index in [1.165, 1.54) is 0 Å². The Balaban J connectivity index is 2.31. The lowest BCUT2D eigenvalue weighted by atomic mass is 10.0. The molecule has 1 saturated heterocycles. The van der Waals surface area contributed by atoms with Gasteiger partial charge >= 0.3 is 0 Å². The zero-order valence-corrected chi connectivity index (χ0v) is 6.29. The van der Waals surface area contributed by atoms with E-state index in [4.69, 9.17) is 14.9 Å². The lowest BCUT2D eigenvalue weighted by Crippen LogP contribution is -2.14. The van der Waals surface area contributed by atoms with Gasteiger partial charge < -0.3 is 14.9 Å². The van der Waals surface area contributed by atoms with Crippen LogP contribution in [0.25, 0.3) is 0 Å². The van der Waals surface area contributed by atoms with E-state index in [1.54, 1.807) is 0 Å². The summed E-state index contributed by atoms with van der Waals surface area (Å²) in [5.74, 6) is 5.39. The van der Waals surface area contributed by atoms with Gasteiger partial charge in [-0.25, -0.2) is 0 Å². The summed E-state index contributed by atoms with van der Waals surface area (Å²) in [5, 5.41) is 16.9. The van der Waals surface area contributed by atoms with Crippen molar-refractivity contribution in [1.82, 2.24) is 0 Å². The Bertz CT molecular complexity index is 160. The van der Waals surface area contributed by atoms with E-state index in [2.05, 4.69) is 11.8 Å². The normalized spacial score (nSPS) is 19.5. The molecule has 3 heteroatoms. The molecule has 0 aromatic carbocycles. The first-order valence-electron chi connectivity index (χ1n) is 3.74. The summed E-state index contributed by atoms with van der Waals surface area (Å²) >= 11 is 0. The van der Waals surface area contributed by atoms with Gasteiger partial charge in [0.15, 0.2) is 0 Å². The Morgan fingerprint density at radius 2 is 1.91 bits per heavy atom. The van der Waals surface area contributed by atoms with Crippen LogP contribution in [0.2, 0.25) is 0 Å². The summed E-state index contributed by atoms with van der Waals surface area (Å²) < 4.78 is 5.11. The highest BCUT2D eigenvalue weighted by molar-refractivity contribution is 5.05. The van der Waals surface area contributed by atoms with E-state index in [0.29, 0.717) is 0 Å². The molecule has 0 radical (unpaired) electrons. The molecule has 62 valence electrons. The maximum absolute atomic E-state index is 8.43. The van der Waals surface area contributed by atoms with Gasteiger partial charge in [0.05, 0.1) is 0 Å². The van der Waals surface area contributed by atoms with Crippen LogP contribution in [0.4, 0.5) is 0 Å². The predicted octanol–water partition coefficient (Wildman–Crippen LogP) is -0.273. The average Bonchev–Trinajstić information content (AvgIpc) is 2.03. The molecule has 11 heavy (non-hydrogen) atoms. The van der Waals surface area contributed by atoms with Crippen LogP contribution in [-0.2, 0) is 4.74 Å². The van der Waals surface area contributed by atoms with Gasteiger partial charge in [-0.1, -0.05) is 5.92 Å². The summed E-state index contributed by atoms with van der Waals surface area (Å²) in [5.41, 5.74) is 0. The van der Waals surface area contributed by atoms with Gasteiger partial charge in [-0.05, 0) is 18.8 Å². The van der Waals surface area contributed by atoms with E-state index in [-0.39, 0.29) is 5.92 Å². The van der Waals surface area contributed by atoms with E-state index < -0.39 is 6.29 Å². The Hall–Kier alpha value is -0.560. The number of aliphatic hydroxyl groups excluding tert-OH is 1. The number of aliphatic hydroxyl groups is 2. The second-order valence-corrected chi connectivity index (χ2v) is 2.55. The molecule has 2 N–H and O–H groups in total. The lowest BCUT2D eigenvalue weighted by molar-refractivity contribution is 0.0104. The third-order valence-electron chi connectivity index (χ3n) is 1.64. The van der Waals surface area contributed by atoms with Crippen molar-refractivity contribution in [2.75, 3.05) is 13.2 Å². The largest absolute Gasteiger partial charge is 0.381 e. The van der Waals surface area contributed by atoms with Crippen molar-refractivity contribution >= 4 is 0 Å². The van der Waals surface area contributed by atoms with Crippen LogP contribution in [0.1, 0.15) is 12.8 Å². The Morgan fingerprint density at radius 3 is 2.45 bits per heavy atom. The molecule has 1 fully saturated rings. The minimum Gasteiger partial charge on any atom is -0.381 e. The molecular weight excluding hydrogens is 144 g/mol. The molecule has 1 heterocycles. The van der Waals surface area contributed by atoms with Gasteiger partial charge in [0, 0.05) is 19.1 Å². The topological polar surface area (TPSA) is 49.7 Å². The van der Waals surface area contributed by atoms with E-state index in [0.717, 1.165) is 26.1 Å². The van der Waals surface area contributed by atoms with Crippen LogP contribution in [0.15, 0.2) is 0 Å². The molecule has 0 aromatic rings. The average molecular weight is 156 g/mol. The molecule has 0 unspecified atom stereocenters. The first-order valence-corrected chi connectivity index (χ1v) is 3.74. The maximum atomic E-state index is 8.43. The molecule has 0 atom stereocenters. The standard InChI is InChI=1S/C8H12O3/c9-8(10)2-1-7-3-5-11-6-4-7/h7-10H,3-6H2. The van der Waals surface area contributed by atoms with Gasteiger partial charge in [-0.2, -0.15) is 0 Å². The molecule has 0 bridgehead atoms. The van der Waals surface area contributed by atoms with Crippen LogP contribution >= 0.6 is 0 Å². The van der Waals surface area contributed by atoms with Gasteiger partial charge in [-0.15, -0.1) is 0 Å². The third kappa shape index (κ3) is 3.38. The Morgan fingerprint density at radius 1 is 1.27 bits per heavy atom. The molecule has 0 spiro atoms. The summed E-state index contributed by atoms with van der Waals surface area (Å²) in [6.07, 6.45) is 0.317. The fourth-order valence-corrected chi connectivity index (χ4v) is 1.03. The number of hydrogen-bond acceptors (Lipinski definition) is 3. The minimum absolute atomic E-state index is 0.283. The number of ether oxygens (including phenoxy) is 1. The van der Waals surface area contributed by atoms with Crippen molar-refractivity contribution in [2.24, 2.45) is 5.92 Å². The number of hydrogen-bond donors (Lipinski definition) is 2. The van der Waals surface area contributed by atoms with Gasteiger partial charge in [-0.3, -0.25) is 0 Å². The molecule has 0 aliphatic carbocycles. The highest BCUT2D eigenvalue weighted by atomic mass is 16.5. The van der Waals surface area contributed by atoms with Crippen molar-refractivity contribution in [3.63, 3.8) is 0 Å². The molecule has 1 rings (SSSR count). The molecule has 3 nitrogen and oxygen atoms in total. The van der Waals surface area contributed by atoms with Crippen molar-refractivity contribution in [3.8, 4) is 11.8 Å². The van der Waals surface area contributed by atoms with Crippen LogP contribution in [0, 0.1) is 17.8 Å². The lowest BCUT2D eigenvalue weighted by Gasteiger charge is -2.16. The summed E-state index contributed by atoms with van der Waals surface area (Å²) in [6.45, 7) is 1.47. The fourth-order valence-electron chi connectivity index (χ4n) is 1.03. The predicted molar refractivity (Wildman–Crippen MR) is 39.5 cm³/mol. The molecular formula is C8H12O3. The van der Waals surface area contributed by atoms with Crippen LogP contribution < -0.4 is 0 Å². The van der Waals surface area contributed by atoms with E-state index >= 15 is 0 Å². The summed E-state index contributed by atoms with van der Waals surface area (Å²) in [7, 11) is 0. The fraction of sp³-hybridized carbons (Fsp3) is 0.750. The minimum atomic E-state index is -1.49. The third-order valence-corrected chi connectivity index (χ3v) is 1.64. The van der Waals surface area contributed by atoms with Gasteiger partial charge in [0.2, 0.25) is 6.29 Å². The van der Waals surface area contributed by atoms with Crippen LogP contribution in [0.3, 0.4) is 0 Å². The highest BCUT2D eigenvalue weighted by Gasteiger charge is 2.10. The smallest absolute Gasteiger partial charge is 0.217 e. The Kier molecular flexibility index (Phi) is 3.37. The second-order valence-electron chi connectivity index (χ2n) is 2.55. The maximum Gasteiger partial charge on any atom is 0.217 e. The van der Waals surface area contributed by atoms with Gasteiger partial charge in [0.25, 0.3) is 0 Å². The van der Waals surface area contributed by atoms with Crippen molar-refractivity contribution in [2.45, 2.75) is 19.1 Å². The van der Waals surface area contributed by atoms with Crippen molar-refractivity contribution in [3.05, 3.63) is 0 Å². The quantitative estimate of drug-likeness (QED) is 0.375. The summed E-state index contributed by atoms with van der Waals surface area (Å²) in [6, 6.07) is 0. The molecule has 1 aliphatic rings. The second kappa shape index (κ2) is 4.35. The zero-order valence-electron chi connectivity index (χ0n) is 6.29. The van der Waals surface area contributed by atoms with Crippen LogP contribution in [-0.4, -0.2) is 29.7 Å². The first-order chi connectivity index (χ1) is 5.29. The van der Waals surface area contributed by atoms with E-state index in [1.807, 2.05) is 0 Å². The molecule has 1 aliphatic heterocycles. The molecule has 0 aromatic heterocycles. The van der Waals surface area contributed by atoms with Crippen LogP contribution in [0.5, 0.6) is 0 Å².